The summed E-state index contributed by atoms with van der Waals surface area (Å²) in [6, 6.07) is 10.8. The van der Waals surface area contributed by atoms with Crippen LogP contribution in [0, 0.1) is 5.92 Å². The zero-order valence-electron chi connectivity index (χ0n) is 17.7. The van der Waals surface area contributed by atoms with Crippen molar-refractivity contribution in [3.8, 4) is 0 Å². The highest BCUT2D eigenvalue weighted by Gasteiger charge is 2.22. The minimum absolute atomic E-state index is 0.0912. The van der Waals surface area contributed by atoms with Gasteiger partial charge in [-0.05, 0) is 53.2 Å². The van der Waals surface area contributed by atoms with Crippen LogP contribution >= 0.6 is 0 Å². The van der Waals surface area contributed by atoms with Gasteiger partial charge in [-0.1, -0.05) is 82.9 Å². The molecule has 0 radical (unpaired) electrons. The van der Waals surface area contributed by atoms with Crippen molar-refractivity contribution >= 4 is 22.8 Å². The van der Waals surface area contributed by atoms with Gasteiger partial charge in [0.25, 0.3) is 0 Å². The quantitative estimate of drug-likeness (QED) is 0.318. The van der Waals surface area contributed by atoms with E-state index in [0.717, 1.165) is 24.8 Å². The molecule has 0 saturated heterocycles. The molecule has 0 spiro atoms. The van der Waals surface area contributed by atoms with Crippen LogP contribution in [0.4, 0.5) is 0 Å². The van der Waals surface area contributed by atoms with Gasteiger partial charge in [-0.3, -0.25) is 4.79 Å². The molecule has 150 valence electrons. The Bertz CT molecular complexity index is 832. The fourth-order valence-corrected chi connectivity index (χ4v) is 4.11. The fourth-order valence-electron chi connectivity index (χ4n) is 4.11. The SMILES string of the molecule is CCCCCCc1ccc2cccc3c2c1C=CC3OC(=O)CCCC(C)C. The average Bonchev–Trinajstić information content (AvgIpc) is 2.68. The van der Waals surface area contributed by atoms with E-state index in [9.17, 15) is 4.79 Å². The molecule has 1 atom stereocenters. The second-order valence-corrected chi connectivity index (χ2v) is 8.45. The predicted octanol–water partition coefficient (Wildman–Crippen LogP) is 7.40. The highest BCUT2D eigenvalue weighted by molar-refractivity contribution is 5.97. The Morgan fingerprint density at radius 2 is 1.93 bits per heavy atom. The highest BCUT2D eigenvalue weighted by Crippen LogP contribution is 2.37. The molecule has 2 aromatic rings. The van der Waals surface area contributed by atoms with Gasteiger partial charge in [0.2, 0.25) is 0 Å². The maximum atomic E-state index is 12.3. The van der Waals surface area contributed by atoms with Gasteiger partial charge < -0.3 is 4.74 Å². The van der Waals surface area contributed by atoms with Crippen LogP contribution in [0.5, 0.6) is 0 Å². The van der Waals surface area contributed by atoms with Gasteiger partial charge in [0.1, 0.15) is 6.10 Å². The number of esters is 1. The molecule has 0 amide bonds. The summed E-state index contributed by atoms with van der Waals surface area (Å²) in [5.74, 6) is 0.533. The molecule has 2 aromatic carbocycles. The number of hydrogen-bond acceptors (Lipinski definition) is 2. The van der Waals surface area contributed by atoms with E-state index in [2.05, 4.69) is 63.3 Å². The minimum Gasteiger partial charge on any atom is -0.453 e. The molecular formula is C26H34O2. The fraction of sp³-hybridized carbons (Fsp3) is 0.500. The monoisotopic (exact) mass is 378 g/mol. The normalized spacial score (nSPS) is 15.4. The van der Waals surface area contributed by atoms with Gasteiger partial charge in [-0.25, -0.2) is 0 Å². The molecule has 0 fully saturated rings. The molecule has 3 rings (SSSR count). The van der Waals surface area contributed by atoms with Crippen molar-refractivity contribution in [2.75, 3.05) is 0 Å². The first-order valence-electron chi connectivity index (χ1n) is 11.0. The molecule has 0 aliphatic heterocycles. The van der Waals surface area contributed by atoms with Crippen molar-refractivity contribution in [2.45, 2.75) is 78.2 Å². The summed E-state index contributed by atoms with van der Waals surface area (Å²) in [5, 5.41) is 2.49. The first-order valence-corrected chi connectivity index (χ1v) is 11.0. The average molecular weight is 379 g/mol. The number of carbonyl (C=O) groups excluding carboxylic acids is 1. The van der Waals surface area contributed by atoms with Crippen molar-refractivity contribution < 1.29 is 9.53 Å². The van der Waals surface area contributed by atoms with Crippen LogP contribution in [0.3, 0.4) is 0 Å². The largest absolute Gasteiger partial charge is 0.453 e. The number of benzene rings is 2. The van der Waals surface area contributed by atoms with Crippen molar-refractivity contribution in [1.82, 2.24) is 0 Å². The number of hydrogen-bond donors (Lipinski definition) is 0. The van der Waals surface area contributed by atoms with Gasteiger partial charge >= 0.3 is 5.97 Å². The van der Waals surface area contributed by atoms with E-state index < -0.39 is 0 Å². The molecule has 0 N–H and O–H groups in total. The molecule has 28 heavy (non-hydrogen) atoms. The lowest BCUT2D eigenvalue weighted by atomic mass is 9.87. The Morgan fingerprint density at radius 1 is 1.07 bits per heavy atom. The first kappa shape index (κ1) is 20.6. The molecule has 1 aliphatic rings. The number of rotatable bonds is 10. The van der Waals surface area contributed by atoms with Crippen LogP contribution < -0.4 is 0 Å². The summed E-state index contributed by atoms with van der Waals surface area (Å²) < 4.78 is 5.85. The molecule has 1 aliphatic carbocycles. The van der Waals surface area contributed by atoms with Gasteiger partial charge in [0, 0.05) is 12.0 Å². The topological polar surface area (TPSA) is 26.3 Å². The van der Waals surface area contributed by atoms with Crippen LogP contribution in [0.2, 0.25) is 0 Å². The molecule has 0 heterocycles. The maximum Gasteiger partial charge on any atom is 0.306 e. The Kier molecular flexibility index (Phi) is 7.30. The molecule has 0 aromatic heterocycles. The summed E-state index contributed by atoms with van der Waals surface area (Å²) in [4.78, 5) is 12.3. The number of aryl methyl sites for hydroxylation is 1. The van der Waals surface area contributed by atoms with Gasteiger partial charge in [0.15, 0.2) is 0 Å². The van der Waals surface area contributed by atoms with E-state index in [0.29, 0.717) is 12.3 Å². The molecule has 0 bridgehead atoms. The van der Waals surface area contributed by atoms with Gasteiger partial charge in [0.05, 0.1) is 0 Å². The van der Waals surface area contributed by atoms with Gasteiger partial charge in [-0.2, -0.15) is 0 Å². The Hall–Kier alpha value is -2.09. The molecular weight excluding hydrogens is 344 g/mol. The van der Waals surface area contributed by atoms with Crippen molar-refractivity contribution in [2.24, 2.45) is 5.92 Å². The lowest BCUT2D eigenvalue weighted by molar-refractivity contribution is -0.147. The van der Waals surface area contributed by atoms with Crippen LogP contribution in [0.25, 0.3) is 16.8 Å². The van der Waals surface area contributed by atoms with Crippen LogP contribution in [-0.4, -0.2) is 5.97 Å². The summed E-state index contributed by atoms with van der Waals surface area (Å²) in [6.07, 6.45) is 12.6. The summed E-state index contributed by atoms with van der Waals surface area (Å²) in [6.45, 7) is 6.62. The van der Waals surface area contributed by atoms with Crippen LogP contribution in [0.15, 0.2) is 36.4 Å². The minimum atomic E-state index is -0.266. The zero-order chi connectivity index (χ0) is 19.9. The molecule has 0 saturated carbocycles. The van der Waals surface area contributed by atoms with E-state index in [-0.39, 0.29) is 12.1 Å². The van der Waals surface area contributed by atoms with E-state index in [1.807, 2.05) is 0 Å². The Balaban J connectivity index is 1.77. The lowest BCUT2D eigenvalue weighted by Crippen LogP contribution is -2.12. The molecule has 2 heteroatoms. The van der Waals surface area contributed by atoms with Crippen molar-refractivity contribution in [1.29, 1.82) is 0 Å². The van der Waals surface area contributed by atoms with Gasteiger partial charge in [-0.15, -0.1) is 0 Å². The van der Waals surface area contributed by atoms with Crippen LogP contribution in [-0.2, 0) is 16.0 Å². The predicted molar refractivity (Wildman–Crippen MR) is 118 cm³/mol. The zero-order valence-corrected chi connectivity index (χ0v) is 17.7. The smallest absolute Gasteiger partial charge is 0.306 e. The maximum absolute atomic E-state index is 12.3. The van der Waals surface area contributed by atoms with E-state index in [1.165, 1.54) is 47.6 Å². The summed E-state index contributed by atoms with van der Waals surface area (Å²) >= 11 is 0. The third-order valence-electron chi connectivity index (χ3n) is 5.67. The van der Waals surface area contributed by atoms with E-state index in [1.54, 1.807) is 0 Å². The first-order chi connectivity index (χ1) is 13.6. The number of ether oxygens (including phenoxy) is 1. The Morgan fingerprint density at radius 3 is 2.71 bits per heavy atom. The third kappa shape index (κ3) is 5.04. The second kappa shape index (κ2) is 9.91. The van der Waals surface area contributed by atoms with E-state index >= 15 is 0 Å². The standard InChI is InChI=1S/C26H34O2/c1-4-5-6-7-11-20-15-16-21-12-9-13-23-24(18-17-22(20)26(21)23)28-25(27)14-8-10-19(2)3/h9,12-13,15-19,24H,4-8,10-11,14H2,1-3H3. The lowest BCUT2D eigenvalue weighted by Gasteiger charge is -2.23. The molecule has 2 nitrogen and oxygen atoms in total. The van der Waals surface area contributed by atoms with E-state index in [4.69, 9.17) is 4.74 Å². The summed E-state index contributed by atoms with van der Waals surface area (Å²) in [5.41, 5.74) is 3.85. The second-order valence-electron chi connectivity index (χ2n) is 8.45. The van der Waals surface area contributed by atoms with Crippen molar-refractivity contribution in [3.05, 3.63) is 53.1 Å². The number of unbranched alkanes of at least 4 members (excludes halogenated alkanes) is 3. The number of carbonyl (C=O) groups is 1. The van der Waals surface area contributed by atoms with Crippen LogP contribution in [0.1, 0.15) is 88.5 Å². The Labute approximate surface area is 170 Å². The molecule has 1 unspecified atom stereocenters. The van der Waals surface area contributed by atoms with Crippen molar-refractivity contribution in [3.63, 3.8) is 0 Å². The highest BCUT2D eigenvalue weighted by atomic mass is 16.5. The third-order valence-corrected chi connectivity index (χ3v) is 5.67. The summed E-state index contributed by atoms with van der Waals surface area (Å²) in [7, 11) is 0.